The molecule has 0 aromatic carbocycles. The molecule has 1 saturated carbocycles. The van der Waals surface area contributed by atoms with Gasteiger partial charge < -0.3 is 9.73 Å². The molecule has 1 atom stereocenters. The molecule has 1 unspecified atom stereocenters. The van der Waals surface area contributed by atoms with Gasteiger partial charge in [0, 0.05) is 6.42 Å². The van der Waals surface area contributed by atoms with Crippen molar-refractivity contribution in [2.45, 2.75) is 58.4 Å². The molecule has 1 aliphatic carbocycles. The lowest BCUT2D eigenvalue weighted by Gasteiger charge is -2.19. The zero-order valence-electron chi connectivity index (χ0n) is 11.2. The van der Waals surface area contributed by atoms with Gasteiger partial charge in [-0.1, -0.05) is 39.5 Å². The van der Waals surface area contributed by atoms with Gasteiger partial charge in [0.15, 0.2) is 0 Å². The summed E-state index contributed by atoms with van der Waals surface area (Å²) in [5, 5.41) is 3.57. The third-order valence-corrected chi connectivity index (χ3v) is 3.87. The van der Waals surface area contributed by atoms with Gasteiger partial charge in [-0.25, -0.2) is 0 Å². The van der Waals surface area contributed by atoms with Crippen molar-refractivity contribution in [2.24, 2.45) is 5.92 Å². The SMILES string of the molecule is CCNC(CC1CCCC1)c1ccc(CC)o1. The number of furan rings is 1. The summed E-state index contributed by atoms with van der Waals surface area (Å²) in [6.07, 6.45) is 7.88. The standard InChI is InChI=1S/C15H25NO/c1-3-13-9-10-15(17-13)14(16-4-2)11-12-7-5-6-8-12/h9-10,12,14,16H,3-8,11H2,1-2H3. The van der Waals surface area contributed by atoms with Crippen molar-refractivity contribution in [3.05, 3.63) is 23.7 Å². The van der Waals surface area contributed by atoms with Gasteiger partial charge in [-0.15, -0.1) is 0 Å². The molecule has 96 valence electrons. The van der Waals surface area contributed by atoms with Crippen LogP contribution in [0.2, 0.25) is 0 Å². The molecule has 1 aliphatic rings. The predicted octanol–water partition coefficient (Wildman–Crippen LogP) is 4.07. The van der Waals surface area contributed by atoms with Crippen LogP contribution in [0.4, 0.5) is 0 Å². The number of rotatable bonds is 6. The van der Waals surface area contributed by atoms with Crippen LogP contribution in [0, 0.1) is 5.92 Å². The monoisotopic (exact) mass is 235 g/mol. The van der Waals surface area contributed by atoms with E-state index in [1.165, 1.54) is 32.1 Å². The Morgan fingerprint density at radius 2 is 2.06 bits per heavy atom. The Balaban J connectivity index is 1.99. The van der Waals surface area contributed by atoms with Crippen molar-refractivity contribution < 1.29 is 4.42 Å². The molecule has 0 aliphatic heterocycles. The van der Waals surface area contributed by atoms with Crippen molar-refractivity contribution in [1.29, 1.82) is 0 Å². The molecule has 17 heavy (non-hydrogen) atoms. The summed E-state index contributed by atoms with van der Waals surface area (Å²) in [5.41, 5.74) is 0. The van der Waals surface area contributed by atoms with Gasteiger partial charge >= 0.3 is 0 Å². The van der Waals surface area contributed by atoms with Crippen molar-refractivity contribution in [1.82, 2.24) is 5.32 Å². The van der Waals surface area contributed by atoms with Crippen LogP contribution in [-0.2, 0) is 6.42 Å². The van der Waals surface area contributed by atoms with E-state index in [4.69, 9.17) is 4.42 Å². The van der Waals surface area contributed by atoms with Gasteiger partial charge in [0.1, 0.15) is 11.5 Å². The van der Waals surface area contributed by atoms with Gasteiger partial charge in [0.05, 0.1) is 6.04 Å². The predicted molar refractivity (Wildman–Crippen MR) is 71.1 cm³/mol. The van der Waals surface area contributed by atoms with Gasteiger partial charge in [0.2, 0.25) is 0 Å². The molecule has 1 fully saturated rings. The van der Waals surface area contributed by atoms with Crippen molar-refractivity contribution in [2.75, 3.05) is 6.54 Å². The van der Waals surface area contributed by atoms with Crippen molar-refractivity contribution >= 4 is 0 Å². The average molecular weight is 235 g/mol. The highest BCUT2D eigenvalue weighted by atomic mass is 16.3. The topological polar surface area (TPSA) is 25.2 Å². The fourth-order valence-corrected chi connectivity index (χ4v) is 2.90. The second-order valence-corrected chi connectivity index (χ2v) is 5.15. The minimum absolute atomic E-state index is 0.420. The number of hydrogen-bond donors (Lipinski definition) is 1. The van der Waals surface area contributed by atoms with E-state index >= 15 is 0 Å². The molecule has 2 heteroatoms. The summed E-state index contributed by atoms with van der Waals surface area (Å²) in [4.78, 5) is 0. The molecule has 0 amide bonds. The highest BCUT2D eigenvalue weighted by molar-refractivity contribution is 5.11. The minimum Gasteiger partial charge on any atom is -0.464 e. The maximum absolute atomic E-state index is 5.90. The normalized spacial score (nSPS) is 18.7. The van der Waals surface area contributed by atoms with E-state index in [-0.39, 0.29) is 0 Å². The molecule has 1 aromatic heterocycles. The van der Waals surface area contributed by atoms with Crippen LogP contribution >= 0.6 is 0 Å². The molecule has 2 nitrogen and oxygen atoms in total. The largest absolute Gasteiger partial charge is 0.464 e. The maximum Gasteiger partial charge on any atom is 0.121 e. The lowest BCUT2D eigenvalue weighted by atomic mass is 9.97. The number of hydrogen-bond acceptors (Lipinski definition) is 2. The van der Waals surface area contributed by atoms with Crippen molar-refractivity contribution in [3.8, 4) is 0 Å². The van der Waals surface area contributed by atoms with Crippen LogP contribution in [0.15, 0.2) is 16.5 Å². The summed E-state index contributed by atoms with van der Waals surface area (Å²) in [6, 6.07) is 4.69. The van der Waals surface area contributed by atoms with Crippen LogP contribution in [0.3, 0.4) is 0 Å². The van der Waals surface area contributed by atoms with Crippen LogP contribution in [0.5, 0.6) is 0 Å². The third kappa shape index (κ3) is 3.35. The molecular weight excluding hydrogens is 210 g/mol. The molecule has 2 rings (SSSR count). The van der Waals surface area contributed by atoms with Gasteiger partial charge in [-0.2, -0.15) is 0 Å². The molecule has 1 aromatic rings. The second kappa shape index (κ2) is 6.25. The average Bonchev–Trinajstić information content (AvgIpc) is 2.99. The van der Waals surface area contributed by atoms with E-state index in [1.54, 1.807) is 0 Å². The summed E-state index contributed by atoms with van der Waals surface area (Å²) < 4.78 is 5.90. The first-order valence-electron chi connectivity index (χ1n) is 7.15. The lowest BCUT2D eigenvalue weighted by molar-refractivity contribution is 0.338. The highest BCUT2D eigenvalue weighted by Gasteiger charge is 2.22. The van der Waals surface area contributed by atoms with E-state index in [0.29, 0.717) is 6.04 Å². The fraction of sp³-hybridized carbons (Fsp3) is 0.733. The van der Waals surface area contributed by atoms with Gasteiger partial charge in [0.25, 0.3) is 0 Å². The molecule has 1 N–H and O–H groups in total. The first-order chi connectivity index (χ1) is 8.33. The van der Waals surface area contributed by atoms with E-state index in [1.807, 2.05) is 0 Å². The second-order valence-electron chi connectivity index (χ2n) is 5.15. The quantitative estimate of drug-likeness (QED) is 0.804. The molecular formula is C15H25NO. The summed E-state index contributed by atoms with van der Waals surface area (Å²) in [6.45, 7) is 5.33. The van der Waals surface area contributed by atoms with Crippen LogP contribution < -0.4 is 5.32 Å². The Bertz CT molecular complexity index is 325. The van der Waals surface area contributed by atoms with E-state index < -0.39 is 0 Å². The van der Waals surface area contributed by atoms with E-state index in [0.717, 1.165) is 30.4 Å². The van der Waals surface area contributed by atoms with E-state index in [2.05, 4.69) is 31.3 Å². The zero-order chi connectivity index (χ0) is 12.1. The van der Waals surface area contributed by atoms with Crippen LogP contribution in [0.1, 0.15) is 63.5 Å². The molecule has 0 bridgehead atoms. The minimum atomic E-state index is 0.420. The first kappa shape index (κ1) is 12.7. The Kier molecular flexibility index (Phi) is 4.66. The summed E-state index contributed by atoms with van der Waals surface area (Å²) in [7, 11) is 0. The van der Waals surface area contributed by atoms with Crippen LogP contribution in [-0.4, -0.2) is 6.54 Å². The summed E-state index contributed by atoms with van der Waals surface area (Å²) >= 11 is 0. The van der Waals surface area contributed by atoms with Crippen molar-refractivity contribution in [3.63, 3.8) is 0 Å². The van der Waals surface area contributed by atoms with Gasteiger partial charge in [-0.3, -0.25) is 0 Å². The number of nitrogens with one attached hydrogen (secondary N) is 1. The van der Waals surface area contributed by atoms with Crippen LogP contribution in [0.25, 0.3) is 0 Å². The lowest BCUT2D eigenvalue weighted by Crippen LogP contribution is -2.22. The zero-order valence-corrected chi connectivity index (χ0v) is 11.2. The highest BCUT2D eigenvalue weighted by Crippen LogP contribution is 2.33. The Morgan fingerprint density at radius 3 is 2.65 bits per heavy atom. The first-order valence-corrected chi connectivity index (χ1v) is 7.15. The summed E-state index contributed by atoms with van der Waals surface area (Å²) in [5.74, 6) is 3.14. The smallest absolute Gasteiger partial charge is 0.121 e. The maximum atomic E-state index is 5.90. The van der Waals surface area contributed by atoms with Gasteiger partial charge in [-0.05, 0) is 31.0 Å². The Labute approximate surface area is 105 Å². The molecule has 0 radical (unpaired) electrons. The molecule has 0 saturated heterocycles. The Morgan fingerprint density at radius 1 is 1.29 bits per heavy atom. The molecule has 1 heterocycles. The number of aryl methyl sites for hydroxylation is 1. The molecule has 0 spiro atoms. The fourth-order valence-electron chi connectivity index (χ4n) is 2.90. The van der Waals surface area contributed by atoms with E-state index in [9.17, 15) is 0 Å². The Hall–Kier alpha value is -0.760. The third-order valence-electron chi connectivity index (χ3n) is 3.87.